The molecule has 0 aliphatic carbocycles. The summed E-state index contributed by atoms with van der Waals surface area (Å²) in [4.78, 5) is 35.3. The molecule has 1 aliphatic heterocycles. The topological polar surface area (TPSA) is 82.8 Å². The van der Waals surface area contributed by atoms with E-state index in [2.05, 4.69) is 9.98 Å². The van der Waals surface area contributed by atoms with Gasteiger partial charge in [0, 0.05) is 35.3 Å². The van der Waals surface area contributed by atoms with Crippen LogP contribution in [0.2, 0.25) is 0 Å². The van der Waals surface area contributed by atoms with E-state index in [-0.39, 0.29) is 11.3 Å². The first kappa shape index (κ1) is 20.7. The lowest BCUT2D eigenvalue weighted by Crippen LogP contribution is -2.39. The number of Topliss-reactive ketones (excluding diaryl/α,β-unsaturated/α-hetero) is 1. The minimum Gasteiger partial charge on any atom is -0.497 e. The van der Waals surface area contributed by atoms with Crippen LogP contribution in [0, 0.1) is 0 Å². The lowest BCUT2D eigenvalue weighted by Gasteiger charge is -2.26. The first-order chi connectivity index (χ1) is 14.9. The van der Waals surface area contributed by atoms with Crippen molar-refractivity contribution in [3.8, 4) is 11.5 Å². The van der Waals surface area contributed by atoms with Crippen LogP contribution < -0.4 is 24.4 Å². The third-order valence-electron chi connectivity index (χ3n) is 5.12. The van der Waals surface area contributed by atoms with Gasteiger partial charge in [-0.3, -0.25) is 19.1 Å². The summed E-state index contributed by atoms with van der Waals surface area (Å²) >= 11 is 1.28. The van der Waals surface area contributed by atoms with Gasteiger partial charge >= 0.3 is 0 Å². The highest BCUT2D eigenvalue weighted by Crippen LogP contribution is 2.37. The molecule has 0 unspecified atom stereocenters. The average molecular weight is 436 g/mol. The Morgan fingerprint density at radius 1 is 1.23 bits per heavy atom. The number of ketones is 1. The highest BCUT2D eigenvalue weighted by Gasteiger charge is 2.32. The Hall–Kier alpha value is -3.52. The Morgan fingerprint density at radius 2 is 2.03 bits per heavy atom. The fraction of sp³-hybridized carbons (Fsp3) is 0.217. The normalized spacial score (nSPS) is 16.0. The third-order valence-corrected chi connectivity index (χ3v) is 6.10. The van der Waals surface area contributed by atoms with Gasteiger partial charge in [0.2, 0.25) is 0 Å². The fourth-order valence-electron chi connectivity index (χ4n) is 3.72. The number of allylic oxidation sites excluding steroid dienone is 2. The van der Waals surface area contributed by atoms with Gasteiger partial charge in [-0.25, -0.2) is 4.99 Å². The molecule has 0 bridgehead atoms. The number of nitrogens with zero attached hydrogens (tertiary/aromatic N) is 3. The highest BCUT2D eigenvalue weighted by atomic mass is 32.1. The van der Waals surface area contributed by atoms with Crippen molar-refractivity contribution in [1.29, 1.82) is 0 Å². The Labute approximate surface area is 182 Å². The van der Waals surface area contributed by atoms with E-state index in [1.165, 1.54) is 18.3 Å². The predicted molar refractivity (Wildman–Crippen MR) is 118 cm³/mol. The van der Waals surface area contributed by atoms with E-state index in [1.807, 2.05) is 18.2 Å². The Balaban J connectivity index is 2.01. The van der Waals surface area contributed by atoms with E-state index in [9.17, 15) is 9.59 Å². The average Bonchev–Trinajstić information content (AvgIpc) is 3.07. The van der Waals surface area contributed by atoms with Crippen molar-refractivity contribution in [2.45, 2.75) is 19.9 Å². The smallest absolute Gasteiger partial charge is 0.271 e. The standard InChI is InChI=1S/C23H21N3O4S/c1-13-20(14(2)27)21(17-8-7-16(29-3)11-18(17)30-4)26-22(28)19(31-23(26)25-13)10-15-6-5-9-24-12-15/h5-12,21H,1-4H3/b19-10-/t21-/m0/s1. The summed E-state index contributed by atoms with van der Waals surface area (Å²) in [6.07, 6.45) is 5.15. The van der Waals surface area contributed by atoms with Crippen LogP contribution in [0.15, 0.2) is 63.8 Å². The maximum atomic E-state index is 13.5. The molecule has 0 spiro atoms. The molecule has 0 N–H and O–H groups in total. The molecule has 0 radical (unpaired) electrons. The van der Waals surface area contributed by atoms with Gasteiger partial charge in [0.15, 0.2) is 10.6 Å². The van der Waals surface area contributed by atoms with Crippen LogP contribution in [0.4, 0.5) is 0 Å². The molecule has 3 aromatic rings. The zero-order chi connectivity index (χ0) is 22.1. The van der Waals surface area contributed by atoms with Gasteiger partial charge in [-0.15, -0.1) is 0 Å². The van der Waals surface area contributed by atoms with Gasteiger partial charge in [0.05, 0.1) is 24.8 Å². The number of carbonyl (C=O) groups excluding carboxylic acids is 1. The number of pyridine rings is 1. The fourth-order valence-corrected chi connectivity index (χ4v) is 4.77. The van der Waals surface area contributed by atoms with Crippen LogP contribution in [-0.4, -0.2) is 29.6 Å². The number of methoxy groups -OCH3 is 2. The number of benzene rings is 1. The summed E-state index contributed by atoms with van der Waals surface area (Å²) in [6, 6.07) is 8.39. The molecule has 1 aliphatic rings. The third kappa shape index (κ3) is 3.70. The van der Waals surface area contributed by atoms with Crippen LogP contribution in [0.25, 0.3) is 6.08 Å². The predicted octanol–water partition coefficient (Wildman–Crippen LogP) is 2.24. The van der Waals surface area contributed by atoms with E-state index in [0.717, 1.165) is 5.56 Å². The lowest BCUT2D eigenvalue weighted by atomic mass is 9.92. The monoisotopic (exact) mass is 435 g/mol. The van der Waals surface area contributed by atoms with Crippen LogP contribution in [0.3, 0.4) is 0 Å². The minimum atomic E-state index is -0.648. The number of ether oxygens (including phenoxy) is 2. The first-order valence-electron chi connectivity index (χ1n) is 9.60. The molecule has 1 atom stereocenters. The Morgan fingerprint density at radius 3 is 2.68 bits per heavy atom. The molecule has 158 valence electrons. The van der Waals surface area contributed by atoms with Gasteiger partial charge in [0.1, 0.15) is 11.5 Å². The second kappa shape index (κ2) is 8.31. The zero-order valence-electron chi connectivity index (χ0n) is 17.6. The zero-order valence-corrected chi connectivity index (χ0v) is 18.4. The molecule has 2 aromatic heterocycles. The van der Waals surface area contributed by atoms with Crippen molar-refractivity contribution in [2.75, 3.05) is 14.2 Å². The summed E-state index contributed by atoms with van der Waals surface area (Å²) in [5, 5.41) is 0. The SMILES string of the molecule is COc1ccc([C@H]2C(C(C)=O)=C(C)N=c3s/c(=C\c4cccnc4)c(=O)n32)c(OC)c1. The van der Waals surface area contributed by atoms with Crippen molar-refractivity contribution in [3.63, 3.8) is 0 Å². The van der Waals surface area contributed by atoms with Crippen molar-refractivity contribution < 1.29 is 14.3 Å². The van der Waals surface area contributed by atoms with E-state index in [4.69, 9.17) is 9.47 Å². The number of thiazole rings is 1. The van der Waals surface area contributed by atoms with Gasteiger partial charge < -0.3 is 9.47 Å². The first-order valence-corrected chi connectivity index (χ1v) is 10.4. The van der Waals surface area contributed by atoms with Crippen molar-refractivity contribution in [3.05, 3.63) is 84.8 Å². The Kier molecular flexibility index (Phi) is 5.56. The molecule has 0 saturated heterocycles. The second-order valence-electron chi connectivity index (χ2n) is 7.03. The number of fused-ring (bicyclic) bond motifs is 1. The number of carbonyl (C=O) groups is 1. The summed E-state index contributed by atoms with van der Waals surface area (Å²) in [7, 11) is 3.12. The quantitative estimate of drug-likeness (QED) is 0.614. The molecule has 7 nitrogen and oxygen atoms in total. The van der Waals surface area contributed by atoms with E-state index < -0.39 is 6.04 Å². The molecule has 0 saturated carbocycles. The second-order valence-corrected chi connectivity index (χ2v) is 8.04. The summed E-state index contributed by atoms with van der Waals surface area (Å²) < 4.78 is 13.0. The van der Waals surface area contributed by atoms with E-state index >= 15 is 0 Å². The molecular formula is C23H21N3O4S. The van der Waals surface area contributed by atoms with Gasteiger partial charge in [-0.2, -0.15) is 0 Å². The number of aromatic nitrogens is 2. The molecule has 4 rings (SSSR count). The van der Waals surface area contributed by atoms with Crippen LogP contribution in [0.1, 0.15) is 31.0 Å². The van der Waals surface area contributed by atoms with Crippen molar-refractivity contribution in [1.82, 2.24) is 9.55 Å². The number of hydrogen-bond donors (Lipinski definition) is 0. The number of hydrogen-bond acceptors (Lipinski definition) is 7. The Bertz CT molecular complexity index is 1370. The summed E-state index contributed by atoms with van der Waals surface area (Å²) in [5.74, 6) is 1.000. The van der Waals surface area contributed by atoms with E-state index in [0.29, 0.717) is 37.7 Å². The largest absolute Gasteiger partial charge is 0.497 e. The summed E-state index contributed by atoms with van der Waals surface area (Å²) in [5.41, 5.74) is 2.33. The van der Waals surface area contributed by atoms with Gasteiger partial charge in [0.25, 0.3) is 5.56 Å². The van der Waals surface area contributed by atoms with Gasteiger partial charge in [-0.1, -0.05) is 17.4 Å². The van der Waals surface area contributed by atoms with E-state index in [1.54, 1.807) is 56.3 Å². The molecular weight excluding hydrogens is 414 g/mol. The lowest BCUT2D eigenvalue weighted by molar-refractivity contribution is -0.114. The number of rotatable bonds is 5. The maximum Gasteiger partial charge on any atom is 0.271 e. The maximum absolute atomic E-state index is 13.5. The molecule has 8 heteroatoms. The molecule has 0 amide bonds. The molecule has 3 heterocycles. The molecule has 0 fully saturated rings. The highest BCUT2D eigenvalue weighted by molar-refractivity contribution is 7.07. The minimum absolute atomic E-state index is 0.148. The van der Waals surface area contributed by atoms with Gasteiger partial charge in [-0.05, 0) is 43.7 Å². The summed E-state index contributed by atoms with van der Waals surface area (Å²) in [6.45, 7) is 3.28. The van der Waals surface area contributed by atoms with Crippen LogP contribution >= 0.6 is 11.3 Å². The van der Waals surface area contributed by atoms with Crippen molar-refractivity contribution >= 4 is 23.2 Å². The van der Waals surface area contributed by atoms with Crippen molar-refractivity contribution in [2.24, 2.45) is 4.99 Å². The van der Waals surface area contributed by atoms with Crippen LogP contribution in [-0.2, 0) is 4.79 Å². The molecule has 1 aromatic carbocycles. The van der Waals surface area contributed by atoms with Crippen LogP contribution in [0.5, 0.6) is 11.5 Å². The molecule has 31 heavy (non-hydrogen) atoms.